The van der Waals surface area contributed by atoms with E-state index in [1.807, 2.05) is 13.8 Å². The first-order valence-electron chi connectivity index (χ1n) is 5.18. The molecule has 4 heteroatoms. The van der Waals surface area contributed by atoms with Gasteiger partial charge < -0.3 is 10.1 Å². The largest absolute Gasteiger partial charge is 0.376 e. The summed E-state index contributed by atoms with van der Waals surface area (Å²) < 4.78 is 5.40. The average molecular weight is 217 g/mol. The van der Waals surface area contributed by atoms with E-state index in [4.69, 9.17) is 4.74 Å². The van der Waals surface area contributed by atoms with E-state index in [9.17, 15) is 4.79 Å². The van der Waals surface area contributed by atoms with E-state index in [1.165, 1.54) is 0 Å². The fraction of sp³-hybridized carbons (Fsp3) is 0.900. The van der Waals surface area contributed by atoms with Gasteiger partial charge in [-0.1, -0.05) is 13.8 Å². The fourth-order valence-corrected chi connectivity index (χ4v) is 1.52. The van der Waals surface area contributed by atoms with E-state index in [0.717, 1.165) is 19.4 Å². The second kappa shape index (κ2) is 5.61. The molecule has 0 aliphatic carbocycles. The molecule has 1 heterocycles. The molecule has 3 nitrogen and oxygen atoms in total. The van der Waals surface area contributed by atoms with Gasteiger partial charge in [0.1, 0.15) is 0 Å². The lowest BCUT2D eigenvalue weighted by atomic mass is 10.1. The van der Waals surface area contributed by atoms with E-state index >= 15 is 0 Å². The van der Waals surface area contributed by atoms with Crippen LogP contribution in [0.1, 0.15) is 26.7 Å². The van der Waals surface area contributed by atoms with Crippen LogP contribution in [-0.2, 0) is 9.53 Å². The molecular weight excluding hydrogens is 198 g/mol. The van der Waals surface area contributed by atoms with Crippen molar-refractivity contribution in [3.8, 4) is 0 Å². The highest BCUT2D eigenvalue weighted by Gasteiger charge is 2.20. The standard InChI is InChI=1S/C10H19NO2S/c1-7(2)9(14)10(12)11-6-8-4-3-5-13-8/h7-9,14H,3-6H2,1-2H3,(H,11,12). The maximum atomic E-state index is 11.5. The second-order valence-corrected chi connectivity index (χ2v) is 4.63. The number of carbonyl (C=O) groups excluding carboxylic acids is 1. The number of ether oxygens (including phenoxy) is 1. The van der Waals surface area contributed by atoms with E-state index in [1.54, 1.807) is 0 Å². The Morgan fingerprint density at radius 3 is 2.86 bits per heavy atom. The van der Waals surface area contributed by atoms with Crippen LogP contribution >= 0.6 is 12.6 Å². The lowest BCUT2D eigenvalue weighted by Gasteiger charge is -2.16. The van der Waals surface area contributed by atoms with Gasteiger partial charge in [-0.2, -0.15) is 12.6 Å². The van der Waals surface area contributed by atoms with Crippen LogP contribution in [0.5, 0.6) is 0 Å². The summed E-state index contributed by atoms with van der Waals surface area (Å²) in [6.07, 6.45) is 2.38. The van der Waals surface area contributed by atoms with Crippen LogP contribution in [0.25, 0.3) is 0 Å². The Labute approximate surface area is 91.0 Å². The van der Waals surface area contributed by atoms with Crippen LogP contribution in [0.3, 0.4) is 0 Å². The van der Waals surface area contributed by atoms with Crippen LogP contribution in [-0.4, -0.2) is 30.4 Å². The number of thiol groups is 1. The zero-order valence-corrected chi connectivity index (χ0v) is 9.72. The van der Waals surface area contributed by atoms with E-state index in [-0.39, 0.29) is 23.2 Å². The molecule has 1 aliphatic heterocycles. The van der Waals surface area contributed by atoms with Crippen molar-refractivity contribution in [3.05, 3.63) is 0 Å². The molecule has 14 heavy (non-hydrogen) atoms. The van der Waals surface area contributed by atoms with Gasteiger partial charge in [-0.3, -0.25) is 4.79 Å². The van der Waals surface area contributed by atoms with E-state index in [0.29, 0.717) is 6.54 Å². The smallest absolute Gasteiger partial charge is 0.233 e. The minimum absolute atomic E-state index is 0.0128. The molecule has 1 rings (SSSR count). The van der Waals surface area contributed by atoms with Gasteiger partial charge in [0.15, 0.2) is 0 Å². The Hall–Kier alpha value is -0.220. The average Bonchev–Trinajstić information content (AvgIpc) is 2.65. The van der Waals surface area contributed by atoms with Gasteiger partial charge >= 0.3 is 0 Å². The van der Waals surface area contributed by atoms with Crippen LogP contribution in [0, 0.1) is 5.92 Å². The molecule has 1 aliphatic rings. The highest BCUT2D eigenvalue weighted by Crippen LogP contribution is 2.12. The first kappa shape index (κ1) is 11.9. The Kier molecular flexibility index (Phi) is 4.75. The quantitative estimate of drug-likeness (QED) is 0.695. The van der Waals surface area contributed by atoms with Crippen molar-refractivity contribution < 1.29 is 9.53 Å². The molecular formula is C10H19NO2S. The van der Waals surface area contributed by atoms with Crippen molar-refractivity contribution >= 4 is 18.5 Å². The summed E-state index contributed by atoms with van der Waals surface area (Å²) in [6.45, 7) is 5.43. The molecule has 2 atom stereocenters. The Balaban J connectivity index is 2.19. The topological polar surface area (TPSA) is 38.3 Å². The maximum Gasteiger partial charge on any atom is 0.233 e. The lowest BCUT2D eigenvalue weighted by Crippen LogP contribution is -2.38. The van der Waals surface area contributed by atoms with Crippen molar-refractivity contribution in [2.24, 2.45) is 5.92 Å². The zero-order valence-electron chi connectivity index (χ0n) is 8.82. The molecule has 0 saturated carbocycles. The third-order valence-electron chi connectivity index (χ3n) is 2.43. The van der Waals surface area contributed by atoms with Gasteiger partial charge in [-0.15, -0.1) is 0 Å². The summed E-state index contributed by atoms with van der Waals surface area (Å²) in [7, 11) is 0. The summed E-state index contributed by atoms with van der Waals surface area (Å²) in [5.41, 5.74) is 0. The SMILES string of the molecule is CC(C)C(S)C(=O)NCC1CCCO1. The van der Waals surface area contributed by atoms with Crippen molar-refractivity contribution in [1.29, 1.82) is 0 Å². The molecule has 0 radical (unpaired) electrons. The van der Waals surface area contributed by atoms with Crippen LogP contribution in [0.15, 0.2) is 0 Å². The predicted molar refractivity (Wildman–Crippen MR) is 59.6 cm³/mol. The Morgan fingerprint density at radius 1 is 1.64 bits per heavy atom. The monoisotopic (exact) mass is 217 g/mol. The summed E-state index contributed by atoms with van der Waals surface area (Å²) in [5.74, 6) is 0.279. The predicted octanol–water partition coefficient (Wildman–Crippen LogP) is 1.24. The number of hydrogen-bond acceptors (Lipinski definition) is 3. The first-order chi connectivity index (χ1) is 6.61. The summed E-state index contributed by atoms with van der Waals surface area (Å²) >= 11 is 4.24. The van der Waals surface area contributed by atoms with Gasteiger partial charge in [0.05, 0.1) is 11.4 Å². The molecule has 1 fully saturated rings. The Bertz CT molecular complexity index is 191. The third kappa shape index (κ3) is 3.50. The molecule has 1 N–H and O–H groups in total. The van der Waals surface area contributed by atoms with E-state index in [2.05, 4.69) is 17.9 Å². The fourth-order valence-electron chi connectivity index (χ4n) is 1.43. The number of hydrogen-bond donors (Lipinski definition) is 2. The summed E-state index contributed by atoms with van der Waals surface area (Å²) in [6, 6.07) is 0. The number of rotatable bonds is 4. The molecule has 2 unspecified atom stereocenters. The minimum Gasteiger partial charge on any atom is -0.376 e. The minimum atomic E-state index is -0.212. The van der Waals surface area contributed by atoms with Crippen LogP contribution < -0.4 is 5.32 Å². The van der Waals surface area contributed by atoms with Crippen molar-refractivity contribution in [2.45, 2.75) is 38.0 Å². The lowest BCUT2D eigenvalue weighted by molar-refractivity contribution is -0.121. The van der Waals surface area contributed by atoms with Crippen molar-refractivity contribution in [2.75, 3.05) is 13.2 Å². The first-order valence-corrected chi connectivity index (χ1v) is 5.70. The second-order valence-electron chi connectivity index (χ2n) is 4.07. The third-order valence-corrected chi connectivity index (χ3v) is 3.26. The molecule has 0 bridgehead atoms. The van der Waals surface area contributed by atoms with Gasteiger partial charge in [-0.05, 0) is 18.8 Å². The van der Waals surface area contributed by atoms with Gasteiger partial charge in [0, 0.05) is 13.2 Å². The van der Waals surface area contributed by atoms with Crippen LogP contribution in [0.4, 0.5) is 0 Å². The highest BCUT2D eigenvalue weighted by molar-refractivity contribution is 7.81. The maximum absolute atomic E-state index is 11.5. The normalized spacial score (nSPS) is 23.9. The Morgan fingerprint density at radius 2 is 2.36 bits per heavy atom. The summed E-state index contributed by atoms with van der Waals surface area (Å²) in [5, 5.41) is 2.65. The van der Waals surface area contributed by atoms with Crippen LogP contribution in [0.2, 0.25) is 0 Å². The molecule has 0 aromatic rings. The van der Waals surface area contributed by atoms with Crippen molar-refractivity contribution in [3.63, 3.8) is 0 Å². The molecule has 82 valence electrons. The number of amides is 1. The number of nitrogens with one attached hydrogen (secondary N) is 1. The highest BCUT2D eigenvalue weighted by atomic mass is 32.1. The zero-order chi connectivity index (χ0) is 10.6. The molecule has 1 amide bonds. The molecule has 0 aromatic heterocycles. The van der Waals surface area contributed by atoms with Gasteiger partial charge in [0.2, 0.25) is 5.91 Å². The van der Waals surface area contributed by atoms with E-state index < -0.39 is 0 Å². The van der Waals surface area contributed by atoms with Gasteiger partial charge in [-0.25, -0.2) is 0 Å². The molecule has 1 saturated heterocycles. The van der Waals surface area contributed by atoms with Crippen molar-refractivity contribution in [1.82, 2.24) is 5.32 Å². The summed E-state index contributed by atoms with van der Waals surface area (Å²) in [4.78, 5) is 11.5. The number of carbonyl (C=O) groups is 1. The molecule has 0 spiro atoms. The molecule has 0 aromatic carbocycles. The van der Waals surface area contributed by atoms with Gasteiger partial charge in [0.25, 0.3) is 0 Å².